The number of methoxy groups -OCH3 is 1. The average molecular weight is 291 g/mol. The summed E-state index contributed by atoms with van der Waals surface area (Å²) in [6.07, 6.45) is 0.854. The fourth-order valence-corrected chi connectivity index (χ4v) is 2.59. The highest BCUT2D eigenvalue weighted by Gasteiger charge is 2.35. The second-order valence-electron chi connectivity index (χ2n) is 5.25. The molecule has 1 aromatic rings. The molecule has 2 rings (SSSR count). The van der Waals surface area contributed by atoms with E-state index in [-0.39, 0.29) is 5.91 Å². The minimum atomic E-state index is -0.683. The first kappa shape index (κ1) is 15.5. The topological polar surface area (TPSA) is 98.7 Å². The number of benzene rings is 1. The van der Waals surface area contributed by atoms with E-state index in [0.717, 1.165) is 11.1 Å². The van der Waals surface area contributed by atoms with E-state index >= 15 is 0 Å². The molecule has 1 aromatic carbocycles. The molecule has 1 unspecified atom stereocenters. The maximum absolute atomic E-state index is 12.5. The molecular formula is C15H21N3O3. The lowest BCUT2D eigenvalue weighted by atomic mass is 9.93. The highest BCUT2D eigenvalue weighted by atomic mass is 16.5. The van der Waals surface area contributed by atoms with Crippen LogP contribution < -0.4 is 11.5 Å². The van der Waals surface area contributed by atoms with Gasteiger partial charge in [0, 0.05) is 26.7 Å². The predicted molar refractivity (Wildman–Crippen MR) is 78.1 cm³/mol. The molecule has 0 saturated heterocycles. The number of nitrogens with zero attached hydrogens (tertiary/aromatic N) is 1. The SMILES string of the molecule is COCCC(N)C(=O)N1Cc2ccccc2C[C@H]1C(N)=O. The number of ether oxygens (including phenoxy) is 1. The van der Waals surface area contributed by atoms with Crippen molar-refractivity contribution in [3.05, 3.63) is 35.4 Å². The van der Waals surface area contributed by atoms with Gasteiger partial charge in [-0.2, -0.15) is 0 Å². The first-order valence-corrected chi connectivity index (χ1v) is 6.95. The molecule has 2 amide bonds. The minimum Gasteiger partial charge on any atom is -0.385 e. The lowest BCUT2D eigenvalue weighted by molar-refractivity contribution is -0.142. The number of carbonyl (C=O) groups is 2. The summed E-state index contributed by atoms with van der Waals surface area (Å²) >= 11 is 0. The average Bonchev–Trinajstić information content (AvgIpc) is 2.50. The zero-order valence-corrected chi connectivity index (χ0v) is 12.1. The van der Waals surface area contributed by atoms with Crippen molar-refractivity contribution in [3.8, 4) is 0 Å². The Balaban J connectivity index is 2.20. The highest BCUT2D eigenvalue weighted by Crippen LogP contribution is 2.24. The Morgan fingerprint density at radius 3 is 2.67 bits per heavy atom. The number of carbonyl (C=O) groups excluding carboxylic acids is 2. The van der Waals surface area contributed by atoms with Crippen LogP contribution in [0, 0.1) is 0 Å². The molecule has 6 heteroatoms. The number of fused-ring (bicyclic) bond motifs is 1. The van der Waals surface area contributed by atoms with Crippen LogP contribution in [-0.2, 0) is 27.3 Å². The first-order valence-electron chi connectivity index (χ1n) is 6.95. The van der Waals surface area contributed by atoms with Crippen LogP contribution in [0.25, 0.3) is 0 Å². The van der Waals surface area contributed by atoms with Gasteiger partial charge >= 0.3 is 0 Å². The Kier molecular flexibility index (Phi) is 4.93. The van der Waals surface area contributed by atoms with Crippen molar-refractivity contribution in [2.45, 2.75) is 31.5 Å². The van der Waals surface area contributed by atoms with Gasteiger partial charge in [-0.05, 0) is 17.5 Å². The molecule has 1 aliphatic heterocycles. The number of rotatable bonds is 5. The number of hydrogen-bond donors (Lipinski definition) is 2. The summed E-state index contributed by atoms with van der Waals surface area (Å²) in [5.74, 6) is -0.762. The first-order chi connectivity index (χ1) is 10.0. The van der Waals surface area contributed by atoms with Crippen molar-refractivity contribution in [1.29, 1.82) is 0 Å². The minimum absolute atomic E-state index is 0.259. The van der Waals surface area contributed by atoms with Crippen LogP contribution >= 0.6 is 0 Å². The van der Waals surface area contributed by atoms with E-state index in [1.807, 2.05) is 24.3 Å². The molecule has 1 aliphatic rings. The molecule has 0 fully saturated rings. The van der Waals surface area contributed by atoms with Gasteiger partial charge < -0.3 is 21.1 Å². The molecule has 0 spiro atoms. The van der Waals surface area contributed by atoms with Gasteiger partial charge in [0.05, 0.1) is 6.04 Å². The third kappa shape index (κ3) is 3.40. The van der Waals surface area contributed by atoms with Gasteiger partial charge in [0.25, 0.3) is 0 Å². The van der Waals surface area contributed by atoms with Crippen LogP contribution in [0.5, 0.6) is 0 Å². The van der Waals surface area contributed by atoms with Gasteiger partial charge in [-0.3, -0.25) is 9.59 Å². The van der Waals surface area contributed by atoms with Crippen molar-refractivity contribution < 1.29 is 14.3 Å². The molecule has 0 radical (unpaired) electrons. The predicted octanol–water partition coefficient (Wildman–Crippen LogP) is -0.211. The molecule has 0 saturated carbocycles. The summed E-state index contributed by atoms with van der Waals surface area (Å²) in [7, 11) is 1.56. The van der Waals surface area contributed by atoms with E-state index in [2.05, 4.69) is 0 Å². The Labute approximate surface area is 124 Å². The Bertz CT molecular complexity index is 533. The Hall–Kier alpha value is -1.92. The maximum Gasteiger partial charge on any atom is 0.240 e. The zero-order chi connectivity index (χ0) is 15.4. The van der Waals surface area contributed by atoms with Crippen LogP contribution in [0.4, 0.5) is 0 Å². The summed E-state index contributed by atoms with van der Waals surface area (Å²) in [4.78, 5) is 25.6. The van der Waals surface area contributed by atoms with Crippen LogP contribution in [0.2, 0.25) is 0 Å². The fourth-order valence-electron chi connectivity index (χ4n) is 2.59. The summed E-state index contributed by atoms with van der Waals surface area (Å²) in [6.45, 7) is 0.766. The zero-order valence-electron chi connectivity index (χ0n) is 12.1. The summed E-state index contributed by atoms with van der Waals surface area (Å²) < 4.78 is 4.94. The molecule has 114 valence electrons. The second kappa shape index (κ2) is 6.69. The molecular weight excluding hydrogens is 270 g/mol. The van der Waals surface area contributed by atoms with Gasteiger partial charge in [-0.1, -0.05) is 24.3 Å². The van der Waals surface area contributed by atoms with E-state index < -0.39 is 18.0 Å². The van der Waals surface area contributed by atoms with E-state index in [9.17, 15) is 9.59 Å². The van der Waals surface area contributed by atoms with Crippen LogP contribution in [0.1, 0.15) is 17.5 Å². The molecule has 6 nitrogen and oxygen atoms in total. The van der Waals surface area contributed by atoms with Crippen molar-refractivity contribution in [3.63, 3.8) is 0 Å². The van der Waals surface area contributed by atoms with E-state index in [1.54, 1.807) is 7.11 Å². The third-order valence-corrected chi connectivity index (χ3v) is 3.81. The van der Waals surface area contributed by atoms with Crippen LogP contribution in [0.3, 0.4) is 0 Å². The number of hydrogen-bond acceptors (Lipinski definition) is 4. The highest BCUT2D eigenvalue weighted by molar-refractivity contribution is 5.89. The molecule has 4 N–H and O–H groups in total. The molecule has 2 atom stereocenters. The van der Waals surface area contributed by atoms with Crippen molar-refractivity contribution in [1.82, 2.24) is 4.90 Å². The molecule has 21 heavy (non-hydrogen) atoms. The van der Waals surface area contributed by atoms with Crippen molar-refractivity contribution >= 4 is 11.8 Å². The fraction of sp³-hybridized carbons (Fsp3) is 0.467. The van der Waals surface area contributed by atoms with E-state index in [1.165, 1.54) is 4.90 Å². The third-order valence-electron chi connectivity index (χ3n) is 3.81. The standard InChI is InChI=1S/C15H21N3O3/c1-21-7-6-12(16)15(20)18-9-11-5-3-2-4-10(11)8-13(18)14(17)19/h2-5,12-13H,6-9,16H2,1H3,(H2,17,19)/t12?,13-/m0/s1. The lowest BCUT2D eigenvalue weighted by Gasteiger charge is -2.36. The molecule has 0 aliphatic carbocycles. The molecule has 0 aromatic heterocycles. The second-order valence-corrected chi connectivity index (χ2v) is 5.25. The maximum atomic E-state index is 12.5. The van der Waals surface area contributed by atoms with Gasteiger partial charge in [-0.15, -0.1) is 0 Å². The van der Waals surface area contributed by atoms with Crippen LogP contribution in [0.15, 0.2) is 24.3 Å². The molecule has 0 bridgehead atoms. The Morgan fingerprint density at radius 2 is 2.05 bits per heavy atom. The summed E-state index contributed by atoms with van der Waals surface area (Å²) in [5.41, 5.74) is 13.4. The monoisotopic (exact) mass is 291 g/mol. The van der Waals surface area contributed by atoms with Gasteiger partial charge in [0.1, 0.15) is 6.04 Å². The van der Waals surface area contributed by atoms with Gasteiger partial charge in [0.2, 0.25) is 11.8 Å². The van der Waals surface area contributed by atoms with Gasteiger partial charge in [0.15, 0.2) is 0 Å². The number of nitrogens with two attached hydrogens (primary N) is 2. The summed E-state index contributed by atoms with van der Waals surface area (Å²) in [6, 6.07) is 6.42. The van der Waals surface area contributed by atoms with E-state index in [4.69, 9.17) is 16.2 Å². The quantitative estimate of drug-likeness (QED) is 0.784. The molecule has 1 heterocycles. The van der Waals surface area contributed by atoms with Crippen molar-refractivity contribution in [2.75, 3.05) is 13.7 Å². The number of primary amides is 1. The van der Waals surface area contributed by atoms with E-state index in [0.29, 0.717) is 26.0 Å². The van der Waals surface area contributed by atoms with Gasteiger partial charge in [-0.25, -0.2) is 0 Å². The summed E-state index contributed by atoms with van der Waals surface area (Å²) in [5, 5.41) is 0. The Morgan fingerprint density at radius 1 is 1.38 bits per heavy atom. The van der Waals surface area contributed by atoms with Crippen LogP contribution in [-0.4, -0.2) is 42.5 Å². The normalized spacial score (nSPS) is 19.0. The van der Waals surface area contributed by atoms with Crippen molar-refractivity contribution in [2.24, 2.45) is 11.5 Å². The smallest absolute Gasteiger partial charge is 0.240 e. The number of amides is 2. The lowest BCUT2D eigenvalue weighted by Crippen LogP contribution is -2.55. The largest absolute Gasteiger partial charge is 0.385 e.